The predicted molar refractivity (Wildman–Crippen MR) is 73.5 cm³/mol. The Morgan fingerprint density at radius 2 is 2.19 bits per heavy atom. The Bertz CT molecular complexity index is 485. The van der Waals surface area contributed by atoms with E-state index in [4.69, 9.17) is 0 Å². The highest BCUT2D eigenvalue weighted by molar-refractivity contribution is 7.11. The molecule has 5 nitrogen and oxygen atoms in total. The van der Waals surface area contributed by atoms with Crippen LogP contribution in [0, 0.1) is 6.92 Å². The predicted octanol–water partition coefficient (Wildman–Crippen LogP) is 1.02. The quantitative estimate of drug-likeness (QED) is 0.869. The second-order valence-electron chi connectivity index (χ2n) is 4.82. The van der Waals surface area contributed by atoms with E-state index in [1.807, 2.05) is 0 Å². The molecule has 1 fully saturated rings. The molecule has 1 unspecified atom stereocenters. The standard InChI is InChI=1S/C12H17F3N4OS/c1-8-10(21-7-18-8)11(20)17-6-9(12(13,14)15)19-4-2-16-3-5-19/h7,9,16H,2-6H2,1H3,(H,17,20). The van der Waals surface area contributed by atoms with Gasteiger partial charge in [-0.15, -0.1) is 11.3 Å². The van der Waals surface area contributed by atoms with E-state index in [1.54, 1.807) is 6.92 Å². The van der Waals surface area contributed by atoms with Crippen LogP contribution in [0.1, 0.15) is 15.4 Å². The first-order chi connectivity index (χ1) is 9.89. The molecule has 1 aliphatic rings. The molecule has 1 atom stereocenters. The van der Waals surface area contributed by atoms with Gasteiger partial charge in [0.2, 0.25) is 0 Å². The van der Waals surface area contributed by atoms with E-state index >= 15 is 0 Å². The summed E-state index contributed by atoms with van der Waals surface area (Å²) in [6, 6.07) is -1.66. The number of alkyl halides is 3. The molecule has 1 aliphatic heterocycles. The number of halogens is 3. The number of hydrogen-bond donors (Lipinski definition) is 2. The zero-order valence-electron chi connectivity index (χ0n) is 11.5. The molecule has 118 valence electrons. The summed E-state index contributed by atoms with van der Waals surface area (Å²) in [5, 5.41) is 5.39. The maximum absolute atomic E-state index is 13.2. The van der Waals surface area contributed by atoms with Crippen molar-refractivity contribution in [3.63, 3.8) is 0 Å². The van der Waals surface area contributed by atoms with Gasteiger partial charge in [-0.05, 0) is 6.92 Å². The summed E-state index contributed by atoms with van der Waals surface area (Å²) in [5.41, 5.74) is 2.03. The molecule has 1 aromatic rings. The summed E-state index contributed by atoms with van der Waals surface area (Å²) in [7, 11) is 0. The van der Waals surface area contributed by atoms with Gasteiger partial charge in [-0.2, -0.15) is 13.2 Å². The summed E-state index contributed by atoms with van der Waals surface area (Å²) in [6.45, 7) is 2.89. The molecule has 0 spiro atoms. The average Bonchev–Trinajstić information content (AvgIpc) is 2.85. The first kappa shape index (κ1) is 16.2. The monoisotopic (exact) mass is 322 g/mol. The lowest BCUT2D eigenvalue weighted by molar-refractivity contribution is -0.183. The van der Waals surface area contributed by atoms with Crippen molar-refractivity contribution in [1.29, 1.82) is 0 Å². The van der Waals surface area contributed by atoms with Crippen LogP contribution < -0.4 is 10.6 Å². The van der Waals surface area contributed by atoms with E-state index in [2.05, 4.69) is 15.6 Å². The molecule has 0 bridgehead atoms. The molecule has 2 N–H and O–H groups in total. The van der Waals surface area contributed by atoms with Gasteiger partial charge >= 0.3 is 6.18 Å². The molecule has 1 saturated heterocycles. The highest BCUT2D eigenvalue weighted by Gasteiger charge is 2.43. The lowest BCUT2D eigenvalue weighted by atomic mass is 10.2. The van der Waals surface area contributed by atoms with E-state index in [1.165, 1.54) is 10.4 Å². The van der Waals surface area contributed by atoms with Crippen molar-refractivity contribution >= 4 is 17.2 Å². The lowest BCUT2D eigenvalue weighted by Crippen LogP contribution is -2.57. The number of carbonyl (C=O) groups is 1. The van der Waals surface area contributed by atoms with Crippen LogP contribution in [0.15, 0.2) is 5.51 Å². The SMILES string of the molecule is Cc1ncsc1C(=O)NCC(N1CCNCC1)C(F)(F)F. The molecule has 0 saturated carbocycles. The Labute approximate surface area is 124 Å². The van der Waals surface area contributed by atoms with Crippen LogP contribution in [0.3, 0.4) is 0 Å². The van der Waals surface area contributed by atoms with Gasteiger partial charge in [0.15, 0.2) is 0 Å². The van der Waals surface area contributed by atoms with E-state index < -0.39 is 24.7 Å². The van der Waals surface area contributed by atoms with Gasteiger partial charge in [-0.3, -0.25) is 9.69 Å². The maximum Gasteiger partial charge on any atom is 0.405 e. The third-order valence-electron chi connectivity index (χ3n) is 3.38. The topological polar surface area (TPSA) is 57.3 Å². The van der Waals surface area contributed by atoms with Crippen LogP contribution in [-0.2, 0) is 0 Å². The number of piperazine rings is 1. The van der Waals surface area contributed by atoms with Crippen LogP contribution >= 0.6 is 11.3 Å². The van der Waals surface area contributed by atoms with Crippen molar-refractivity contribution < 1.29 is 18.0 Å². The third kappa shape index (κ3) is 4.14. The van der Waals surface area contributed by atoms with E-state index in [-0.39, 0.29) is 0 Å². The summed E-state index contributed by atoms with van der Waals surface area (Å²) in [5.74, 6) is -0.501. The number of hydrogen-bond acceptors (Lipinski definition) is 5. The minimum absolute atomic E-state index is 0.319. The molecular formula is C12H17F3N4OS. The molecule has 1 amide bonds. The van der Waals surface area contributed by atoms with Crippen LogP contribution in [0.2, 0.25) is 0 Å². The minimum Gasteiger partial charge on any atom is -0.349 e. The van der Waals surface area contributed by atoms with E-state index in [0.717, 1.165) is 11.3 Å². The maximum atomic E-state index is 13.2. The largest absolute Gasteiger partial charge is 0.405 e. The van der Waals surface area contributed by atoms with Gasteiger partial charge in [0.05, 0.1) is 11.2 Å². The van der Waals surface area contributed by atoms with Crippen molar-refractivity contribution in [2.24, 2.45) is 0 Å². The number of aryl methyl sites for hydroxylation is 1. The number of thiazole rings is 1. The molecular weight excluding hydrogens is 305 g/mol. The highest BCUT2D eigenvalue weighted by Crippen LogP contribution is 2.25. The summed E-state index contributed by atoms with van der Waals surface area (Å²) in [6.07, 6.45) is -4.37. The Kier molecular flexibility index (Phi) is 5.17. The number of amides is 1. The number of rotatable bonds is 4. The van der Waals surface area contributed by atoms with Crippen molar-refractivity contribution in [2.45, 2.75) is 19.1 Å². The number of carbonyl (C=O) groups excluding carboxylic acids is 1. The van der Waals surface area contributed by atoms with E-state index in [0.29, 0.717) is 36.8 Å². The third-order valence-corrected chi connectivity index (χ3v) is 4.31. The summed E-state index contributed by atoms with van der Waals surface area (Å²) in [4.78, 5) is 17.5. The van der Waals surface area contributed by atoms with Crippen molar-refractivity contribution in [3.05, 3.63) is 16.1 Å². The van der Waals surface area contributed by atoms with Crippen molar-refractivity contribution in [2.75, 3.05) is 32.7 Å². The normalized spacial score (nSPS) is 18.5. The molecule has 2 rings (SSSR count). The Balaban J connectivity index is 1.99. The van der Waals surface area contributed by atoms with Crippen LogP contribution in [0.4, 0.5) is 13.2 Å². The highest BCUT2D eigenvalue weighted by atomic mass is 32.1. The van der Waals surface area contributed by atoms with Crippen molar-refractivity contribution in [3.8, 4) is 0 Å². The van der Waals surface area contributed by atoms with Gasteiger partial charge in [0.25, 0.3) is 5.91 Å². The molecule has 1 aromatic heterocycles. The number of aromatic nitrogens is 1. The Hall–Kier alpha value is -1.19. The second-order valence-corrected chi connectivity index (χ2v) is 5.68. The first-order valence-corrected chi connectivity index (χ1v) is 7.47. The molecule has 0 radical (unpaired) electrons. The fourth-order valence-corrected chi connectivity index (χ4v) is 2.95. The van der Waals surface area contributed by atoms with Crippen LogP contribution in [0.5, 0.6) is 0 Å². The average molecular weight is 322 g/mol. The molecule has 2 heterocycles. The number of nitrogens with one attached hydrogen (secondary N) is 2. The Morgan fingerprint density at radius 1 is 1.52 bits per heavy atom. The summed E-state index contributed by atoms with van der Waals surface area (Å²) >= 11 is 1.12. The molecule has 0 aromatic carbocycles. The Morgan fingerprint density at radius 3 is 2.71 bits per heavy atom. The zero-order valence-corrected chi connectivity index (χ0v) is 12.4. The molecule has 0 aliphatic carbocycles. The fraction of sp³-hybridized carbons (Fsp3) is 0.667. The molecule has 21 heavy (non-hydrogen) atoms. The van der Waals surface area contributed by atoms with Gasteiger partial charge in [0.1, 0.15) is 10.9 Å². The molecule has 9 heteroatoms. The smallest absolute Gasteiger partial charge is 0.349 e. The minimum atomic E-state index is -4.37. The number of nitrogens with zero attached hydrogens (tertiary/aromatic N) is 2. The van der Waals surface area contributed by atoms with E-state index in [9.17, 15) is 18.0 Å². The van der Waals surface area contributed by atoms with Gasteiger partial charge in [-0.25, -0.2) is 4.98 Å². The second kappa shape index (κ2) is 6.71. The van der Waals surface area contributed by atoms with Crippen LogP contribution in [0.25, 0.3) is 0 Å². The van der Waals surface area contributed by atoms with Gasteiger partial charge in [0, 0.05) is 32.7 Å². The van der Waals surface area contributed by atoms with Gasteiger partial charge in [-0.1, -0.05) is 0 Å². The summed E-state index contributed by atoms with van der Waals surface area (Å²) < 4.78 is 39.5. The first-order valence-electron chi connectivity index (χ1n) is 6.59. The zero-order chi connectivity index (χ0) is 15.5. The van der Waals surface area contributed by atoms with Crippen molar-refractivity contribution in [1.82, 2.24) is 20.5 Å². The van der Waals surface area contributed by atoms with Gasteiger partial charge < -0.3 is 10.6 Å². The van der Waals surface area contributed by atoms with Crippen LogP contribution in [-0.4, -0.2) is 60.7 Å². The lowest BCUT2D eigenvalue weighted by Gasteiger charge is -2.35. The fourth-order valence-electron chi connectivity index (χ4n) is 2.24.